The van der Waals surface area contributed by atoms with Gasteiger partial charge in [-0.05, 0) is 40.0 Å². The second kappa shape index (κ2) is 7.89. The van der Waals surface area contributed by atoms with Crippen molar-refractivity contribution in [3.63, 3.8) is 0 Å². The summed E-state index contributed by atoms with van der Waals surface area (Å²) in [7, 11) is -3.85. The Kier molecular flexibility index (Phi) is 6.25. The van der Waals surface area contributed by atoms with E-state index in [4.69, 9.17) is 4.74 Å². The number of carbonyl (C=O) groups excluding carboxylic acids is 3. The lowest BCUT2D eigenvalue weighted by Gasteiger charge is -2.33. The summed E-state index contributed by atoms with van der Waals surface area (Å²) >= 11 is 0. The first-order valence-electron chi connectivity index (χ1n) is 8.57. The highest BCUT2D eigenvalue weighted by molar-refractivity contribution is 7.87. The first-order valence-corrected chi connectivity index (χ1v) is 10.0. The van der Waals surface area contributed by atoms with E-state index in [9.17, 15) is 22.8 Å². The van der Waals surface area contributed by atoms with Gasteiger partial charge in [0.1, 0.15) is 11.6 Å². The Hall–Kier alpha value is -1.72. The predicted octanol–water partition coefficient (Wildman–Crippen LogP) is -0.385. The van der Waals surface area contributed by atoms with E-state index in [1.165, 1.54) is 4.31 Å². The highest BCUT2D eigenvalue weighted by atomic mass is 32.2. The van der Waals surface area contributed by atoms with Gasteiger partial charge in [0.2, 0.25) is 11.8 Å². The standard InChI is InChI=1S/C15H26N4O6S/c1-15(2,3)25-14(22)16-10-6-8-19(9-7-10)26(23,24)18-11-4-5-12(20)17-13(11)21/h10-11,18H,4-9H2,1-3H3,(H,16,22)(H,17,20,21). The first-order chi connectivity index (χ1) is 12.0. The number of alkyl carbamates (subject to hydrolysis) is 1. The summed E-state index contributed by atoms with van der Waals surface area (Å²) in [6.45, 7) is 5.72. The van der Waals surface area contributed by atoms with Gasteiger partial charge in [0, 0.05) is 25.6 Å². The van der Waals surface area contributed by atoms with Gasteiger partial charge in [-0.2, -0.15) is 17.4 Å². The molecule has 148 valence electrons. The van der Waals surface area contributed by atoms with E-state index in [1.807, 2.05) is 0 Å². The van der Waals surface area contributed by atoms with Crippen LogP contribution in [0.15, 0.2) is 0 Å². The van der Waals surface area contributed by atoms with Gasteiger partial charge in [0.15, 0.2) is 0 Å². The quantitative estimate of drug-likeness (QED) is 0.560. The van der Waals surface area contributed by atoms with E-state index in [2.05, 4.69) is 15.4 Å². The molecule has 3 N–H and O–H groups in total. The summed E-state index contributed by atoms with van der Waals surface area (Å²) in [5.74, 6) is -1.04. The summed E-state index contributed by atoms with van der Waals surface area (Å²) in [5, 5.41) is 4.85. The second-order valence-corrected chi connectivity index (χ2v) is 9.15. The maximum atomic E-state index is 12.4. The highest BCUT2D eigenvalue weighted by Crippen LogP contribution is 2.16. The van der Waals surface area contributed by atoms with Gasteiger partial charge in [0.25, 0.3) is 10.2 Å². The van der Waals surface area contributed by atoms with Gasteiger partial charge < -0.3 is 10.1 Å². The molecule has 0 aliphatic carbocycles. The van der Waals surface area contributed by atoms with E-state index in [0.29, 0.717) is 12.8 Å². The molecule has 2 saturated heterocycles. The van der Waals surface area contributed by atoms with Crippen molar-refractivity contribution in [3.05, 3.63) is 0 Å². The van der Waals surface area contributed by atoms with Crippen LogP contribution < -0.4 is 15.4 Å². The Morgan fingerprint density at radius 2 is 1.81 bits per heavy atom. The predicted molar refractivity (Wildman–Crippen MR) is 92.2 cm³/mol. The summed E-state index contributed by atoms with van der Waals surface area (Å²) in [6, 6.07) is -1.12. The molecule has 2 aliphatic heterocycles. The van der Waals surface area contributed by atoms with E-state index in [1.54, 1.807) is 20.8 Å². The number of hydrogen-bond donors (Lipinski definition) is 3. The highest BCUT2D eigenvalue weighted by Gasteiger charge is 2.35. The molecule has 0 radical (unpaired) electrons. The van der Waals surface area contributed by atoms with Gasteiger partial charge in [-0.1, -0.05) is 0 Å². The van der Waals surface area contributed by atoms with Crippen LogP contribution in [0.3, 0.4) is 0 Å². The summed E-state index contributed by atoms with van der Waals surface area (Å²) < 4.78 is 33.6. The molecule has 26 heavy (non-hydrogen) atoms. The average Bonchev–Trinajstić information content (AvgIpc) is 2.48. The van der Waals surface area contributed by atoms with E-state index in [-0.39, 0.29) is 32.0 Å². The third-order valence-corrected chi connectivity index (χ3v) is 5.67. The van der Waals surface area contributed by atoms with Crippen molar-refractivity contribution in [3.8, 4) is 0 Å². The number of carbonyl (C=O) groups is 3. The lowest BCUT2D eigenvalue weighted by atomic mass is 10.1. The maximum Gasteiger partial charge on any atom is 0.407 e. The zero-order chi connectivity index (χ0) is 19.5. The first kappa shape index (κ1) is 20.6. The molecule has 11 heteroatoms. The molecule has 3 amide bonds. The zero-order valence-electron chi connectivity index (χ0n) is 15.2. The van der Waals surface area contributed by atoms with Crippen LogP contribution in [0.5, 0.6) is 0 Å². The molecule has 0 saturated carbocycles. The molecule has 0 bridgehead atoms. The molecule has 0 aromatic rings. The molecular weight excluding hydrogens is 364 g/mol. The molecular formula is C15H26N4O6S. The number of imide groups is 1. The smallest absolute Gasteiger partial charge is 0.407 e. The summed E-state index contributed by atoms with van der Waals surface area (Å²) in [6.07, 6.45) is 0.590. The number of nitrogens with one attached hydrogen (secondary N) is 3. The number of rotatable bonds is 4. The van der Waals surface area contributed by atoms with Crippen molar-refractivity contribution in [2.75, 3.05) is 13.1 Å². The molecule has 2 rings (SSSR count). The normalized spacial score (nSPS) is 23.4. The third kappa shape index (κ3) is 5.92. The fraction of sp³-hybridized carbons (Fsp3) is 0.800. The number of amides is 3. The van der Waals surface area contributed by atoms with Crippen molar-refractivity contribution < 1.29 is 27.5 Å². The fourth-order valence-corrected chi connectivity index (χ4v) is 4.20. The Morgan fingerprint density at radius 3 is 2.35 bits per heavy atom. The van der Waals surface area contributed by atoms with Gasteiger partial charge >= 0.3 is 6.09 Å². The molecule has 1 unspecified atom stereocenters. The van der Waals surface area contributed by atoms with Crippen LogP contribution in [-0.4, -0.2) is 61.4 Å². The molecule has 1 atom stereocenters. The van der Waals surface area contributed by atoms with Gasteiger partial charge in [-0.25, -0.2) is 4.79 Å². The summed E-state index contributed by atoms with van der Waals surface area (Å²) in [5.41, 5.74) is -0.597. The fourth-order valence-electron chi connectivity index (χ4n) is 2.78. The summed E-state index contributed by atoms with van der Waals surface area (Å²) in [4.78, 5) is 34.6. The lowest BCUT2D eigenvalue weighted by molar-refractivity contribution is -0.134. The van der Waals surface area contributed by atoms with Crippen molar-refractivity contribution in [2.24, 2.45) is 0 Å². The van der Waals surface area contributed by atoms with Crippen LogP contribution >= 0.6 is 0 Å². The number of ether oxygens (including phenoxy) is 1. The maximum absolute atomic E-state index is 12.4. The number of nitrogens with zero attached hydrogens (tertiary/aromatic N) is 1. The molecule has 0 spiro atoms. The minimum atomic E-state index is -3.85. The van der Waals surface area contributed by atoms with Crippen molar-refractivity contribution in [1.82, 2.24) is 19.7 Å². The van der Waals surface area contributed by atoms with Crippen LogP contribution in [0.25, 0.3) is 0 Å². The minimum absolute atomic E-state index is 0.0980. The largest absolute Gasteiger partial charge is 0.444 e. The molecule has 0 aromatic carbocycles. The van der Waals surface area contributed by atoms with Gasteiger partial charge in [0.05, 0.1) is 0 Å². The van der Waals surface area contributed by atoms with Crippen LogP contribution in [0.4, 0.5) is 4.79 Å². The Morgan fingerprint density at radius 1 is 1.19 bits per heavy atom. The number of hydrogen-bond acceptors (Lipinski definition) is 6. The van der Waals surface area contributed by atoms with Crippen molar-refractivity contribution in [2.45, 2.75) is 64.1 Å². The Labute approximate surface area is 153 Å². The second-order valence-electron chi connectivity index (χ2n) is 7.45. The van der Waals surface area contributed by atoms with Gasteiger partial charge in [-0.3, -0.25) is 14.9 Å². The molecule has 2 aliphatic rings. The minimum Gasteiger partial charge on any atom is -0.444 e. The van der Waals surface area contributed by atoms with Crippen LogP contribution in [-0.2, 0) is 24.5 Å². The van der Waals surface area contributed by atoms with Crippen LogP contribution in [0.2, 0.25) is 0 Å². The number of piperidine rings is 2. The topological polar surface area (TPSA) is 134 Å². The van der Waals surface area contributed by atoms with E-state index in [0.717, 1.165) is 0 Å². The van der Waals surface area contributed by atoms with Crippen molar-refractivity contribution >= 4 is 28.1 Å². The molecule has 0 aromatic heterocycles. The molecule has 10 nitrogen and oxygen atoms in total. The molecule has 2 heterocycles. The Bertz CT molecular complexity index is 664. The third-order valence-electron chi connectivity index (χ3n) is 4.05. The van der Waals surface area contributed by atoms with Crippen LogP contribution in [0.1, 0.15) is 46.5 Å². The Balaban J connectivity index is 1.83. The SMILES string of the molecule is CC(C)(C)OC(=O)NC1CCN(S(=O)(=O)NC2CCC(=O)NC2=O)CC1. The molecule has 2 fully saturated rings. The van der Waals surface area contributed by atoms with Gasteiger partial charge in [-0.15, -0.1) is 0 Å². The van der Waals surface area contributed by atoms with E-state index >= 15 is 0 Å². The monoisotopic (exact) mass is 390 g/mol. The van der Waals surface area contributed by atoms with E-state index < -0.39 is 39.8 Å². The average molecular weight is 390 g/mol. The lowest BCUT2D eigenvalue weighted by Crippen LogP contribution is -2.57. The van der Waals surface area contributed by atoms with Crippen molar-refractivity contribution in [1.29, 1.82) is 0 Å². The van der Waals surface area contributed by atoms with Crippen LogP contribution in [0, 0.1) is 0 Å². The zero-order valence-corrected chi connectivity index (χ0v) is 16.0.